The molecule has 0 radical (unpaired) electrons. The number of hydrogen-bond acceptors (Lipinski definition) is 3. The fourth-order valence-corrected chi connectivity index (χ4v) is 4.42. The molecule has 1 aromatic carbocycles. The van der Waals surface area contributed by atoms with E-state index < -0.39 is 5.97 Å². The minimum atomic E-state index is -0.838. The van der Waals surface area contributed by atoms with Crippen molar-refractivity contribution in [2.24, 2.45) is 0 Å². The second-order valence-electron chi connectivity index (χ2n) is 7.75. The Bertz CT molecular complexity index is 1060. The molecule has 6 nitrogen and oxygen atoms in total. The first-order valence-corrected chi connectivity index (χ1v) is 9.95. The van der Waals surface area contributed by atoms with E-state index >= 15 is 0 Å². The average molecular weight is 391 g/mol. The van der Waals surface area contributed by atoms with Gasteiger partial charge in [-0.05, 0) is 43.0 Å². The van der Waals surface area contributed by atoms with Gasteiger partial charge in [-0.2, -0.15) is 0 Å². The summed E-state index contributed by atoms with van der Waals surface area (Å²) in [6, 6.07) is 13.7. The number of amides is 1. The first-order valence-electron chi connectivity index (χ1n) is 9.95. The fraction of sp³-hybridized carbons (Fsp3) is 0.348. The number of aliphatic carboxylic acids is 1. The number of aromatic nitrogens is 2. The number of fused-ring (bicyclic) bond motifs is 3. The molecule has 150 valence electrons. The molecule has 1 aliphatic rings. The van der Waals surface area contributed by atoms with Gasteiger partial charge in [-0.25, -0.2) is 4.98 Å². The van der Waals surface area contributed by atoms with E-state index in [1.165, 1.54) is 0 Å². The lowest BCUT2D eigenvalue weighted by atomic mass is 9.96. The van der Waals surface area contributed by atoms with Gasteiger partial charge in [-0.1, -0.05) is 30.3 Å². The number of likely N-dealkylation sites (N-methyl/N-ethyl adjacent to an activating group) is 1. The van der Waals surface area contributed by atoms with Gasteiger partial charge in [-0.3, -0.25) is 9.59 Å². The molecule has 0 aliphatic carbocycles. The van der Waals surface area contributed by atoms with E-state index in [1.54, 1.807) is 6.20 Å². The van der Waals surface area contributed by atoms with Crippen LogP contribution in [0.15, 0.2) is 48.7 Å². The average Bonchev–Trinajstić information content (AvgIpc) is 3.05. The largest absolute Gasteiger partial charge is 0.481 e. The van der Waals surface area contributed by atoms with Gasteiger partial charge in [0.15, 0.2) is 0 Å². The number of nitrogens with zero attached hydrogens (tertiary/aromatic N) is 3. The normalized spacial score (nSPS) is 17.0. The van der Waals surface area contributed by atoms with Gasteiger partial charge >= 0.3 is 5.97 Å². The monoisotopic (exact) mass is 391 g/mol. The fourth-order valence-electron chi connectivity index (χ4n) is 4.42. The van der Waals surface area contributed by atoms with Crippen molar-refractivity contribution in [1.82, 2.24) is 14.5 Å². The van der Waals surface area contributed by atoms with Crippen LogP contribution < -0.4 is 0 Å². The van der Waals surface area contributed by atoms with Crippen molar-refractivity contribution < 1.29 is 14.7 Å². The Labute approximate surface area is 169 Å². The topological polar surface area (TPSA) is 75.4 Å². The Balaban J connectivity index is 1.61. The lowest BCUT2D eigenvalue weighted by Crippen LogP contribution is -2.44. The van der Waals surface area contributed by atoms with Gasteiger partial charge in [0.2, 0.25) is 5.91 Å². The predicted molar refractivity (Wildman–Crippen MR) is 111 cm³/mol. The van der Waals surface area contributed by atoms with E-state index in [4.69, 9.17) is 0 Å². The summed E-state index contributed by atoms with van der Waals surface area (Å²) in [5, 5.41) is 10.2. The molecule has 0 saturated heterocycles. The molecule has 6 heteroatoms. The highest BCUT2D eigenvalue weighted by molar-refractivity contribution is 5.87. The first kappa shape index (κ1) is 19.2. The van der Waals surface area contributed by atoms with Crippen LogP contribution in [0.4, 0.5) is 0 Å². The van der Waals surface area contributed by atoms with Crippen molar-refractivity contribution in [3.8, 4) is 0 Å². The van der Waals surface area contributed by atoms with Gasteiger partial charge in [-0.15, -0.1) is 0 Å². The molecule has 2 aromatic heterocycles. The minimum Gasteiger partial charge on any atom is -0.481 e. The van der Waals surface area contributed by atoms with Gasteiger partial charge < -0.3 is 14.6 Å². The van der Waals surface area contributed by atoms with E-state index in [-0.39, 0.29) is 24.3 Å². The zero-order valence-corrected chi connectivity index (χ0v) is 16.7. The molecule has 1 aliphatic heterocycles. The molecule has 2 atom stereocenters. The van der Waals surface area contributed by atoms with Crippen molar-refractivity contribution in [3.05, 3.63) is 65.5 Å². The highest BCUT2D eigenvalue weighted by Crippen LogP contribution is 2.32. The third kappa shape index (κ3) is 3.50. The molecule has 3 heterocycles. The number of pyridine rings is 1. The number of carboxylic acid groups (broad SMARTS) is 1. The highest BCUT2D eigenvalue weighted by Gasteiger charge is 2.31. The molecule has 0 fully saturated rings. The molecule has 0 spiro atoms. The third-order valence-electron chi connectivity index (χ3n) is 6.04. The molecule has 0 unspecified atom stereocenters. The van der Waals surface area contributed by atoms with Crippen molar-refractivity contribution in [2.75, 3.05) is 7.05 Å². The number of hydrogen-bond donors (Lipinski definition) is 1. The van der Waals surface area contributed by atoms with E-state index in [0.29, 0.717) is 6.54 Å². The zero-order valence-electron chi connectivity index (χ0n) is 16.7. The van der Waals surface area contributed by atoms with Gasteiger partial charge in [0.05, 0.1) is 12.3 Å². The maximum absolute atomic E-state index is 13.1. The molecule has 4 rings (SSSR count). The van der Waals surface area contributed by atoms with Gasteiger partial charge in [0.25, 0.3) is 0 Å². The Morgan fingerprint density at radius 3 is 2.72 bits per heavy atom. The summed E-state index contributed by atoms with van der Waals surface area (Å²) in [6.07, 6.45) is 3.28. The first-order chi connectivity index (χ1) is 14.0. The van der Waals surface area contributed by atoms with Crippen molar-refractivity contribution in [3.63, 3.8) is 0 Å². The van der Waals surface area contributed by atoms with Crippen LogP contribution in [-0.4, -0.2) is 44.5 Å². The molecule has 0 bridgehead atoms. The van der Waals surface area contributed by atoms with Gasteiger partial charge in [0.1, 0.15) is 5.65 Å². The maximum Gasteiger partial charge on any atom is 0.307 e. The van der Waals surface area contributed by atoms with Crippen LogP contribution in [0.1, 0.15) is 36.1 Å². The van der Waals surface area contributed by atoms with E-state index in [9.17, 15) is 14.7 Å². The number of benzene rings is 1. The van der Waals surface area contributed by atoms with Crippen LogP contribution in [0.3, 0.4) is 0 Å². The Kier molecular flexibility index (Phi) is 5.09. The maximum atomic E-state index is 13.1. The molecular weight excluding hydrogens is 366 g/mol. The standard InChI is InChI=1S/C23H25N3O3/c1-15(16-7-4-3-5-8-16)23(29)25(2)17-10-11-20-19(13-21(27)28)18-9-6-12-24-22(18)26(20)14-17/h3-9,12,15,17H,10-11,13-14H2,1-2H3,(H,27,28)/t15-,17-/m1/s1. The molecular formula is C23H25N3O3. The van der Waals surface area contributed by atoms with Crippen LogP contribution >= 0.6 is 0 Å². The number of carbonyl (C=O) groups is 2. The third-order valence-corrected chi connectivity index (χ3v) is 6.04. The SMILES string of the molecule is C[C@@H](C(=O)N(C)[C@@H]1CCc2c(CC(=O)O)c3cccnc3n2C1)c1ccccc1. The van der Waals surface area contributed by atoms with Crippen molar-refractivity contribution in [2.45, 2.75) is 44.7 Å². The Morgan fingerprint density at radius 1 is 1.24 bits per heavy atom. The predicted octanol–water partition coefficient (Wildman–Crippen LogP) is 3.24. The summed E-state index contributed by atoms with van der Waals surface area (Å²) < 4.78 is 2.11. The zero-order chi connectivity index (χ0) is 20.5. The summed E-state index contributed by atoms with van der Waals surface area (Å²) in [6.45, 7) is 2.58. The van der Waals surface area contributed by atoms with E-state index in [2.05, 4.69) is 9.55 Å². The number of carboxylic acids is 1. The summed E-state index contributed by atoms with van der Waals surface area (Å²) in [7, 11) is 1.87. The van der Waals surface area contributed by atoms with Crippen LogP contribution in [0.2, 0.25) is 0 Å². The quantitative estimate of drug-likeness (QED) is 0.724. The minimum absolute atomic E-state index is 0.00496. The summed E-state index contributed by atoms with van der Waals surface area (Å²) >= 11 is 0. The number of rotatable bonds is 5. The molecule has 29 heavy (non-hydrogen) atoms. The second kappa shape index (κ2) is 7.70. The molecule has 1 N–H and O–H groups in total. The van der Waals surface area contributed by atoms with E-state index in [0.717, 1.165) is 40.7 Å². The smallest absolute Gasteiger partial charge is 0.307 e. The second-order valence-corrected chi connectivity index (χ2v) is 7.75. The van der Waals surface area contributed by atoms with Crippen LogP contribution in [-0.2, 0) is 29.0 Å². The van der Waals surface area contributed by atoms with Crippen molar-refractivity contribution in [1.29, 1.82) is 0 Å². The molecule has 3 aromatic rings. The summed E-state index contributed by atoms with van der Waals surface area (Å²) in [5.41, 5.74) is 3.71. The number of carbonyl (C=O) groups excluding carboxylic acids is 1. The molecule has 1 amide bonds. The Hall–Kier alpha value is -3.15. The summed E-state index contributed by atoms with van der Waals surface area (Å²) in [5.74, 6) is -0.945. The highest BCUT2D eigenvalue weighted by atomic mass is 16.4. The lowest BCUT2D eigenvalue weighted by molar-refractivity contribution is -0.136. The van der Waals surface area contributed by atoms with Crippen LogP contribution in [0.25, 0.3) is 11.0 Å². The van der Waals surface area contributed by atoms with Crippen LogP contribution in [0, 0.1) is 0 Å². The lowest BCUT2D eigenvalue weighted by Gasteiger charge is -2.34. The van der Waals surface area contributed by atoms with Crippen LogP contribution in [0.5, 0.6) is 0 Å². The van der Waals surface area contributed by atoms with E-state index in [1.807, 2.05) is 61.3 Å². The Morgan fingerprint density at radius 2 is 2.00 bits per heavy atom. The summed E-state index contributed by atoms with van der Waals surface area (Å²) in [4.78, 5) is 30.8. The van der Waals surface area contributed by atoms with Crippen molar-refractivity contribution >= 4 is 22.9 Å². The molecule has 0 saturated carbocycles. The van der Waals surface area contributed by atoms with Gasteiger partial charge in [0, 0.05) is 36.9 Å².